The average Bonchev–Trinajstić information content (AvgIpc) is 3.25. The molecule has 2 amide bonds. The average molecular weight is 422 g/mol. The first-order valence-corrected chi connectivity index (χ1v) is 10.7. The number of hydrogen-bond donors (Lipinski definition) is 4. The third kappa shape index (κ3) is 2.95. The van der Waals surface area contributed by atoms with E-state index in [2.05, 4.69) is 31.1 Å². The summed E-state index contributed by atoms with van der Waals surface area (Å²) in [6, 6.07) is 6.74. The topological polar surface area (TPSA) is 112 Å². The van der Waals surface area contributed by atoms with E-state index in [0.717, 1.165) is 16.6 Å². The number of carbonyl (C=O) groups excluding carboxylic acids is 2. The number of nitrogens with one attached hydrogen (secondary N) is 2. The minimum absolute atomic E-state index is 0.0309. The SMILES string of the molecule is C[C@H]1[C@H](C)[C@@H](C)C(Cc2cc3c(c4c2[nH]c2ccc(O)cc24)C(=O)NC3=O)O[C@@H]1CO. The Hall–Kier alpha value is -2.90. The predicted molar refractivity (Wildman–Crippen MR) is 116 cm³/mol. The third-order valence-electron chi connectivity index (χ3n) is 7.42. The Kier molecular flexibility index (Phi) is 4.57. The number of phenols is 1. The Labute approximate surface area is 179 Å². The Morgan fingerprint density at radius 2 is 1.74 bits per heavy atom. The van der Waals surface area contributed by atoms with Gasteiger partial charge in [0.15, 0.2) is 0 Å². The molecule has 5 rings (SSSR count). The second-order valence-corrected chi connectivity index (χ2v) is 9.02. The molecule has 0 bridgehead atoms. The number of aliphatic hydroxyl groups is 1. The quantitative estimate of drug-likeness (QED) is 0.485. The maximum Gasteiger partial charge on any atom is 0.259 e. The number of aliphatic hydroxyl groups excluding tert-OH is 1. The molecule has 2 aliphatic rings. The van der Waals surface area contributed by atoms with E-state index in [-0.39, 0.29) is 36.4 Å². The predicted octanol–water partition coefficient (Wildman–Crippen LogP) is 3.12. The minimum atomic E-state index is -0.425. The van der Waals surface area contributed by atoms with E-state index in [4.69, 9.17) is 4.74 Å². The summed E-state index contributed by atoms with van der Waals surface area (Å²) in [5, 5.41) is 23.5. The molecule has 4 N–H and O–H groups in total. The van der Waals surface area contributed by atoms with Gasteiger partial charge in [-0.25, -0.2) is 0 Å². The normalized spacial score (nSPS) is 28.3. The van der Waals surface area contributed by atoms with Crippen molar-refractivity contribution in [1.82, 2.24) is 10.3 Å². The van der Waals surface area contributed by atoms with Crippen molar-refractivity contribution in [1.29, 1.82) is 0 Å². The van der Waals surface area contributed by atoms with Crippen LogP contribution < -0.4 is 5.32 Å². The van der Waals surface area contributed by atoms with E-state index in [1.54, 1.807) is 24.3 Å². The molecular weight excluding hydrogens is 396 g/mol. The van der Waals surface area contributed by atoms with Crippen LogP contribution in [0.4, 0.5) is 0 Å². The number of rotatable bonds is 3. The highest BCUT2D eigenvalue weighted by atomic mass is 16.5. The number of aromatic amines is 1. The lowest BCUT2D eigenvalue weighted by Crippen LogP contribution is -2.47. The first kappa shape index (κ1) is 20.0. The zero-order valence-electron chi connectivity index (χ0n) is 17.7. The molecule has 0 radical (unpaired) electrons. The molecule has 0 aliphatic carbocycles. The lowest BCUT2D eigenvalue weighted by Gasteiger charge is -2.43. The van der Waals surface area contributed by atoms with Crippen molar-refractivity contribution in [2.75, 3.05) is 6.61 Å². The number of ether oxygens (including phenoxy) is 1. The van der Waals surface area contributed by atoms with Gasteiger partial charge in [0, 0.05) is 22.7 Å². The van der Waals surface area contributed by atoms with Crippen molar-refractivity contribution < 1.29 is 24.5 Å². The molecule has 0 spiro atoms. The van der Waals surface area contributed by atoms with Crippen LogP contribution in [0.2, 0.25) is 0 Å². The van der Waals surface area contributed by atoms with Crippen molar-refractivity contribution in [2.24, 2.45) is 17.8 Å². The maximum atomic E-state index is 12.6. The molecule has 2 aliphatic heterocycles. The van der Waals surface area contributed by atoms with E-state index in [9.17, 15) is 19.8 Å². The number of imide groups is 1. The van der Waals surface area contributed by atoms with Crippen LogP contribution in [0.15, 0.2) is 24.3 Å². The molecule has 1 fully saturated rings. The van der Waals surface area contributed by atoms with Crippen LogP contribution in [0.3, 0.4) is 0 Å². The number of amides is 2. The Morgan fingerprint density at radius 1 is 1.00 bits per heavy atom. The molecule has 0 saturated carbocycles. The fourth-order valence-corrected chi connectivity index (χ4v) is 5.23. The van der Waals surface area contributed by atoms with Crippen LogP contribution in [0.1, 0.15) is 47.1 Å². The fraction of sp³-hybridized carbons (Fsp3) is 0.417. The highest BCUT2D eigenvalue weighted by Gasteiger charge is 2.39. The second kappa shape index (κ2) is 7.07. The third-order valence-corrected chi connectivity index (χ3v) is 7.42. The number of hydrogen-bond acceptors (Lipinski definition) is 5. The van der Waals surface area contributed by atoms with Gasteiger partial charge in [-0.05, 0) is 47.6 Å². The lowest BCUT2D eigenvalue weighted by molar-refractivity contribution is -0.146. The number of H-pyrrole nitrogens is 1. The standard InChI is InChI=1S/C24H26N2O5/c1-10-11(2)18(31-19(9-27)12(10)3)7-13-6-16-21(24(30)26-23(16)29)20-15-8-14(28)4-5-17(15)25-22(13)20/h4-6,8,10-12,18-19,25,27-28H,7,9H2,1-3H3,(H,26,29,30)/t10-,11-,12+,18?,19-/m1/s1. The monoisotopic (exact) mass is 422 g/mol. The lowest BCUT2D eigenvalue weighted by atomic mass is 9.75. The van der Waals surface area contributed by atoms with Gasteiger partial charge in [-0.15, -0.1) is 0 Å². The summed E-state index contributed by atoms with van der Waals surface area (Å²) in [5.41, 5.74) is 3.12. The summed E-state index contributed by atoms with van der Waals surface area (Å²) >= 11 is 0. The van der Waals surface area contributed by atoms with Gasteiger partial charge >= 0.3 is 0 Å². The van der Waals surface area contributed by atoms with E-state index < -0.39 is 11.8 Å². The minimum Gasteiger partial charge on any atom is -0.508 e. The molecule has 5 atom stereocenters. The smallest absolute Gasteiger partial charge is 0.259 e. The summed E-state index contributed by atoms with van der Waals surface area (Å²) in [7, 11) is 0. The van der Waals surface area contributed by atoms with Crippen molar-refractivity contribution in [3.63, 3.8) is 0 Å². The van der Waals surface area contributed by atoms with Gasteiger partial charge in [0.25, 0.3) is 11.8 Å². The van der Waals surface area contributed by atoms with Gasteiger partial charge in [0.05, 0.1) is 35.5 Å². The van der Waals surface area contributed by atoms with E-state index >= 15 is 0 Å². The van der Waals surface area contributed by atoms with Crippen molar-refractivity contribution in [3.05, 3.63) is 41.0 Å². The molecule has 162 valence electrons. The summed E-state index contributed by atoms with van der Waals surface area (Å²) in [6.45, 7) is 6.41. The molecule has 7 heteroatoms. The molecule has 1 aromatic heterocycles. The largest absolute Gasteiger partial charge is 0.508 e. The number of fused-ring (bicyclic) bond motifs is 5. The van der Waals surface area contributed by atoms with Crippen LogP contribution in [0, 0.1) is 17.8 Å². The Balaban J connectivity index is 1.69. The molecule has 3 aromatic rings. The van der Waals surface area contributed by atoms with Crippen LogP contribution in [0.5, 0.6) is 5.75 Å². The summed E-state index contributed by atoms with van der Waals surface area (Å²) in [6.07, 6.45) is 0.175. The summed E-state index contributed by atoms with van der Waals surface area (Å²) in [5.74, 6) is 0.123. The van der Waals surface area contributed by atoms with Gasteiger partial charge in [-0.3, -0.25) is 14.9 Å². The van der Waals surface area contributed by atoms with Gasteiger partial charge < -0.3 is 19.9 Å². The number of carbonyl (C=O) groups is 2. The molecular formula is C24H26N2O5. The van der Waals surface area contributed by atoms with E-state index in [1.165, 1.54) is 0 Å². The highest BCUT2D eigenvalue weighted by molar-refractivity contribution is 6.30. The summed E-state index contributed by atoms with van der Waals surface area (Å²) in [4.78, 5) is 28.4. The van der Waals surface area contributed by atoms with Crippen molar-refractivity contribution in [2.45, 2.75) is 39.4 Å². The van der Waals surface area contributed by atoms with E-state index in [1.807, 2.05) is 0 Å². The maximum absolute atomic E-state index is 12.6. The number of phenolic OH excluding ortho intramolecular Hbond substituents is 1. The van der Waals surface area contributed by atoms with E-state index in [0.29, 0.717) is 34.2 Å². The molecule has 3 heterocycles. The van der Waals surface area contributed by atoms with Crippen molar-refractivity contribution >= 4 is 33.6 Å². The Bertz CT molecular complexity index is 1230. The zero-order valence-corrected chi connectivity index (χ0v) is 17.7. The number of aromatic hydroxyl groups is 1. The molecule has 7 nitrogen and oxygen atoms in total. The van der Waals surface area contributed by atoms with Gasteiger partial charge in [-0.2, -0.15) is 0 Å². The van der Waals surface area contributed by atoms with Gasteiger partial charge in [0.2, 0.25) is 0 Å². The zero-order chi connectivity index (χ0) is 22.0. The first-order chi connectivity index (χ1) is 14.8. The molecule has 2 aromatic carbocycles. The van der Waals surface area contributed by atoms with Crippen LogP contribution in [-0.4, -0.2) is 45.8 Å². The van der Waals surface area contributed by atoms with Crippen LogP contribution in [0.25, 0.3) is 21.8 Å². The second-order valence-electron chi connectivity index (χ2n) is 9.02. The highest BCUT2D eigenvalue weighted by Crippen LogP contribution is 2.40. The number of aromatic nitrogens is 1. The fourth-order valence-electron chi connectivity index (χ4n) is 5.23. The molecule has 1 unspecified atom stereocenters. The number of benzene rings is 2. The van der Waals surface area contributed by atoms with Crippen LogP contribution >= 0.6 is 0 Å². The Morgan fingerprint density at radius 3 is 2.48 bits per heavy atom. The van der Waals surface area contributed by atoms with Crippen molar-refractivity contribution in [3.8, 4) is 5.75 Å². The first-order valence-electron chi connectivity index (χ1n) is 10.7. The molecule has 1 saturated heterocycles. The van der Waals surface area contributed by atoms with Gasteiger partial charge in [-0.1, -0.05) is 20.8 Å². The summed E-state index contributed by atoms with van der Waals surface area (Å²) < 4.78 is 6.27. The van der Waals surface area contributed by atoms with Crippen LogP contribution in [-0.2, 0) is 11.2 Å². The molecule has 31 heavy (non-hydrogen) atoms. The van der Waals surface area contributed by atoms with Gasteiger partial charge in [0.1, 0.15) is 5.75 Å².